The van der Waals surface area contributed by atoms with E-state index in [4.69, 9.17) is 9.47 Å². The van der Waals surface area contributed by atoms with Crippen molar-refractivity contribution in [3.63, 3.8) is 0 Å². The summed E-state index contributed by atoms with van der Waals surface area (Å²) >= 11 is 0. The highest BCUT2D eigenvalue weighted by Crippen LogP contribution is 2.23. The number of aromatic nitrogens is 1. The van der Waals surface area contributed by atoms with Gasteiger partial charge in [-0.3, -0.25) is 4.98 Å². The monoisotopic (exact) mass is 383 g/mol. The van der Waals surface area contributed by atoms with Crippen LogP contribution in [-0.4, -0.2) is 18.2 Å². The molecule has 3 heteroatoms. The van der Waals surface area contributed by atoms with Gasteiger partial charge in [0.1, 0.15) is 11.5 Å². The molecule has 2 rings (SSSR count). The zero-order valence-corrected chi connectivity index (χ0v) is 18.0. The number of unbranched alkanes of at least 4 members (excludes halogenated alkanes) is 6. The minimum absolute atomic E-state index is 0.563. The van der Waals surface area contributed by atoms with Gasteiger partial charge in [0.05, 0.1) is 25.1 Å². The number of nitrogens with zero attached hydrogens (tertiary/aromatic N) is 1. The molecule has 0 radical (unpaired) electrons. The second-order valence-corrected chi connectivity index (χ2v) is 7.70. The van der Waals surface area contributed by atoms with E-state index in [1.807, 2.05) is 30.5 Å². The maximum atomic E-state index is 5.87. The van der Waals surface area contributed by atoms with Crippen molar-refractivity contribution in [3.05, 3.63) is 42.6 Å². The van der Waals surface area contributed by atoms with Gasteiger partial charge in [0.15, 0.2) is 0 Å². The predicted molar refractivity (Wildman–Crippen MR) is 118 cm³/mol. The van der Waals surface area contributed by atoms with E-state index >= 15 is 0 Å². The number of hydrogen-bond acceptors (Lipinski definition) is 3. The first-order valence-electron chi connectivity index (χ1n) is 11.0. The lowest BCUT2D eigenvalue weighted by Gasteiger charge is -2.11. The second kappa shape index (κ2) is 13.2. The van der Waals surface area contributed by atoms with Crippen LogP contribution in [0.3, 0.4) is 0 Å². The van der Waals surface area contributed by atoms with Crippen LogP contribution in [0.5, 0.6) is 11.5 Å². The van der Waals surface area contributed by atoms with Gasteiger partial charge in [0.2, 0.25) is 0 Å². The van der Waals surface area contributed by atoms with Crippen LogP contribution in [-0.2, 0) is 0 Å². The summed E-state index contributed by atoms with van der Waals surface area (Å²) in [6, 6.07) is 12.2. The Morgan fingerprint density at radius 3 is 2.11 bits per heavy atom. The molecule has 28 heavy (non-hydrogen) atoms. The van der Waals surface area contributed by atoms with Gasteiger partial charge in [-0.25, -0.2) is 0 Å². The van der Waals surface area contributed by atoms with Crippen molar-refractivity contribution in [1.82, 2.24) is 4.98 Å². The van der Waals surface area contributed by atoms with Crippen LogP contribution in [0.1, 0.15) is 72.1 Å². The van der Waals surface area contributed by atoms with E-state index in [0.29, 0.717) is 5.92 Å². The third-order valence-electron chi connectivity index (χ3n) is 5.13. The number of rotatable bonds is 14. The molecule has 0 aliphatic carbocycles. The standard InChI is InChI=1S/C25H37NO2/c1-4-6-7-8-9-10-11-18-27-23-14-12-22(13-15-23)25-17-16-24(19-26-25)28-20-21(3)5-2/h12-17,19,21H,4-11,18,20H2,1-3H3. The fraction of sp³-hybridized carbons (Fsp3) is 0.560. The molecule has 1 heterocycles. The van der Waals surface area contributed by atoms with Crippen molar-refractivity contribution in [2.75, 3.05) is 13.2 Å². The first-order chi connectivity index (χ1) is 13.7. The molecule has 3 nitrogen and oxygen atoms in total. The Bertz CT molecular complexity index is 637. The minimum Gasteiger partial charge on any atom is -0.494 e. The van der Waals surface area contributed by atoms with Crippen molar-refractivity contribution in [2.24, 2.45) is 5.92 Å². The first-order valence-corrected chi connectivity index (χ1v) is 11.0. The fourth-order valence-electron chi connectivity index (χ4n) is 2.96. The molecule has 1 unspecified atom stereocenters. The largest absolute Gasteiger partial charge is 0.494 e. The quantitative estimate of drug-likeness (QED) is 0.321. The molecule has 0 aliphatic rings. The number of pyridine rings is 1. The van der Waals surface area contributed by atoms with E-state index in [-0.39, 0.29) is 0 Å². The Hall–Kier alpha value is -2.03. The molecule has 0 bridgehead atoms. The lowest BCUT2D eigenvalue weighted by Crippen LogP contribution is -2.07. The SMILES string of the molecule is CCCCCCCCCOc1ccc(-c2ccc(OCC(C)CC)cn2)cc1. The van der Waals surface area contributed by atoms with Gasteiger partial charge in [-0.15, -0.1) is 0 Å². The zero-order valence-electron chi connectivity index (χ0n) is 18.0. The predicted octanol–water partition coefficient (Wildman–Crippen LogP) is 7.30. The lowest BCUT2D eigenvalue weighted by atomic mass is 10.1. The molecule has 0 saturated carbocycles. The summed E-state index contributed by atoms with van der Waals surface area (Å²) in [5.74, 6) is 2.33. The third kappa shape index (κ3) is 8.33. The Kier molecular flexibility index (Phi) is 10.5. The average molecular weight is 384 g/mol. The van der Waals surface area contributed by atoms with Crippen molar-refractivity contribution in [3.8, 4) is 22.8 Å². The van der Waals surface area contributed by atoms with Gasteiger partial charge in [-0.05, 0) is 48.7 Å². The summed E-state index contributed by atoms with van der Waals surface area (Å²) < 4.78 is 11.6. The zero-order chi connectivity index (χ0) is 20.0. The van der Waals surface area contributed by atoms with Crippen molar-refractivity contribution in [1.29, 1.82) is 0 Å². The second-order valence-electron chi connectivity index (χ2n) is 7.70. The Balaban J connectivity index is 1.71. The molecule has 1 aromatic carbocycles. The molecule has 0 aliphatic heterocycles. The molecular formula is C25H37NO2. The summed E-state index contributed by atoms with van der Waals surface area (Å²) in [6.45, 7) is 8.17. The van der Waals surface area contributed by atoms with E-state index < -0.39 is 0 Å². The lowest BCUT2D eigenvalue weighted by molar-refractivity contribution is 0.256. The van der Waals surface area contributed by atoms with E-state index in [2.05, 4.69) is 37.9 Å². The summed E-state index contributed by atoms with van der Waals surface area (Å²) in [5.41, 5.74) is 2.05. The van der Waals surface area contributed by atoms with E-state index in [1.165, 1.54) is 38.5 Å². The summed E-state index contributed by atoms with van der Waals surface area (Å²) in [4.78, 5) is 4.53. The van der Waals surface area contributed by atoms with E-state index in [1.54, 1.807) is 0 Å². The highest BCUT2D eigenvalue weighted by Gasteiger charge is 2.04. The molecule has 0 amide bonds. The maximum absolute atomic E-state index is 5.87. The summed E-state index contributed by atoms with van der Waals surface area (Å²) in [7, 11) is 0. The number of ether oxygens (including phenoxy) is 2. The van der Waals surface area contributed by atoms with Crippen molar-refractivity contribution < 1.29 is 9.47 Å². The molecular weight excluding hydrogens is 346 g/mol. The third-order valence-corrected chi connectivity index (χ3v) is 5.13. The van der Waals surface area contributed by atoms with Gasteiger partial charge in [0.25, 0.3) is 0 Å². The molecule has 0 N–H and O–H groups in total. The van der Waals surface area contributed by atoms with Crippen LogP contribution in [0.25, 0.3) is 11.3 Å². The van der Waals surface area contributed by atoms with Crippen molar-refractivity contribution in [2.45, 2.75) is 72.1 Å². The van der Waals surface area contributed by atoms with Gasteiger partial charge < -0.3 is 9.47 Å². The molecule has 0 saturated heterocycles. The maximum Gasteiger partial charge on any atom is 0.137 e. The first kappa shape index (κ1) is 22.3. The van der Waals surface area contributed by atoms with Gasteiger partial charge in [-0.1, -0.05) is 65.7 Å². The topological polar surface area (TPSA) is 31.4 Å². The average Bonchev–Trinajstić information content (AvgIpc) is 2.74. The van der Waals surface area contributed by atoms with E-state index in [0.717, 1.165) is 48.8 Å². The van der Waals surface area contributed by atoms with Crippen LogP contribution < -0.4 is 9.47 Å². The summed E-state index contributed by atoms with van der Waals surface area (Å²) in [6.07, 6.45) is 12.1. The highest BCUT2D eigenvalue weighted by molar-refractivity contribution is 5.60. The van der Waals surface area contributed by atoms with Crippen LogP contribution in [0.2, 0.25) is 0 Å². The Morgan fingerprint density at radius 2 is 1.46 bits per heavy atom. The fourth-order valence-corrected chi connectivity index (χ4v) is 2.96. The molecule has 1 atom stereocenters. The smallest absolute Gasteiger partial charge is 0.137 e. The number of hydrogen-bond donors (Lipinski definition) is 0. The molecule has 0 fully saturated rings. The van der Waals surface area contributed by atoms with Gasteiger partial charge >= 0.3 is 0 Å². The molecule has 154 valence electrons. The normalized spacial score (nSPS) is 12.0. The van der Waals surface area contributed by atoms with Crippen LogP contribution >= 0.6 is 0 Å². The van der Waals surface area contributed by atoms with Crippen molar-refractivity contribution >= 4 is 0 Å². The van der Waals surface area contributed by atoms with Gasteiger partial charge in [-0.2, -0.15) is 0 Å². The Morgan fingerprint density at radius 1 is 0.786 bits per heavy atom. The van der Waals surface area contributed by atoms with Crippen LogP contribution in [0.4, 0.5) is 0 Å². The Labute approximate surface area is 171 Å². The van der Waals surface area contributed by atoms with E-state index in [9.17, 15) is 0 Å². The highest BCUT2D eigenvalue weighted by atomic mass is 16.5. The number of benzene rings is 1. The van der Waals surface area contributed by atoms with Gasteiger partial charge in [0, 0.05) is 5.56 Å². The molecule has 0 spiro atoms. The van der Waals surface area contributed by atoms with Crippen LogP contribution in [0.15, 0.2) is 42.6 Å². The summed E-state index contributed by atoms with van der Waals surface area (Å²) in [5, 5.41) is 0. The molecule has 2 aromatic rings. The molecule has 1 aromatic heterocycles. The minimum atomic E-state index is 0.563. The van der Waals surface area contributed by atoms with Crippen LogP contribution in [0, 0.1) is 5.92 Å².